The zero-order valence-electron chi connectivity index (χ0n) is 16.8. The van der Waals surface area contributed by atoms with Crippen molar-refractivity contribution in [1.82, 2.24) is 25.2 Å². The van der Waals surface area contributed by atoms with Crippen molar-refractivity contribution in [3.8, 4) is 0 Å². The van der Waals surface area contributed by atoms with Gasteiger partial charge in [-0.3, -0.25) is 14.3 Å². The van der Waals surface area contributed by atoms with Crippen LogP contribution in [0, 0.1) is 0 Å². The SMILES string of the molecule is O=C(NC1CC1)c1cn(CC[C@H]2CCCCN2C(=O)CCc2ccccc2)nn1. The Kier molecular flexibility index (Phi) is 6.22. The molecule has 0 spiro atoms. The molecular weight excluding hydrogens is 366 g/mol. The van der Waals surface area contributed by atoms with Crippen molar-refractivity contribution in [3.63, 3.8) is 0 Å². The summed E-state index contributed by atoms with van der Waals surface area (Å²) in [7, 11) is 0. The molecule has 7 heteroatoms. The highest BCUT2D eigenvalue weighted by Crippen LogP contribution is 2.22. The van der Waals surface area contributed by atoms with Gasteiger partial charge in [-0.15, -0.1) is 5.10 Å². The zero-order valence-corrected chi connectivity index (χ0v) is 16.8. The summed E-state index contributed by atoms with van der Waals surface area (Å²) in [4.78, 5) is 27.0. The summed E-state index contributed by atoms with van der Waals surface area (Å²) in [5.74, 6) is 0.0933. The second kappa shape index (κ2) is 9.20. The standard InChI is InChI=1S/C22H29N5O2/c28-21(12-9-17-6-2-1-3-7-17)27-14-5-4-8-19(27)13-15-26-16-20(24-25-26)22(29)23-18-10-11-18/h1-3,6-7,16,18-19H,4-5,8-15H2,(H,23,29)/t19-/m1/s1. The molecule has 154 valence electrons. The van der Waals surface area contributed by atoms with Crippen molar-refractivity contribution in [2.75, 3.05) is 6.54 Å². The minimum atomic E-state index is -0.144. The average molecular weight is 396 g/mol. The quantitative estimate of drug-likeness (QED) is 0.745. The minimum absolute atomic E-state index is 0.144. The summed E-state index contributed by atoms with van der Waals surface area (Å²) in [6.45, 7) is 1.50. The number of aryl methyl sites for hydroxylation is 2. The Labute approximate surface area is 171 Å². The van der Waals surface area contributed by atoms with Gasteiger partial charge in [0.2, 0.25) is 5.91 Å². The molecule has 1 aromatic carbocycles. The fraction of sp³-hybridized carbons (Fsp3) is 0.545. The summed E-state index contributed by atoms with van der Waals surface area (Å²) in [6, 6.07) is 10.7. The van der Waals surface area contributed by atoms with E-state index < -0.39 is 0 Å². The third-order valence-corrected chi connectivity index (χ3v) is 5.79. The molecule has 1 saturated carbocycles. The van der Waals surface area contributed by atoms with Gasteiger partial charge in [0.05, 0.1) is 6.20 Å². The molecule has 2 fully saturated rings. The molecule has 1 aromatic heterocycles. The van der Waals surface area contributed by atoms with Crippen molar-refractivity contribution < 1.29 is 9.59 Å². The van der Waals surface area contributed by atoms with Crippen LogP contribution in [0.2, 0.25) is 0 Å². The number of benzene rings is 1. The molecule has 7 nitrogen and oxygen atoms in total. The van der Waals surface area contributed by atoms with E-state index in [1.165, 1.54) is 5.56 Å². The Morgan fingerprint density at radius 1 is 1.10 bits per heavy atom. The number of aromatic nitrogens is 3. The first kappa shape index (κ1) is 19.6. The molecule has 2 amide bonds. The maximum absolute atomic E-state index is 12.8. The number of carbonyl (C=O) groups excluding carboxylic acids is 2. The molecule has 1 saturated heterocycles. The van der Waals surface area contributed by atoms with E-state index in [0.29, 0.717) is 24.7 Å². The van der Waals surface area contributed by atoms with Gasteiger partial charge in [-0.2, -0.15) is 0 Å². The number of piperidine rings is 1. The second-order valence-corrected chi connectivity index (χ2v) is 8.13. The van der Waals surface area contributed by atoms with Crippen molar-refractivity contribution in [2.24, 2.45) is 0 Å². The number of nitrogens with zero attached hydrogens (tertiary/aromatic N) is 4. The third kappa shape index (κ3) is 5.43. The summed E-state index contributed by atoms with van der Waals surface area (Å²) >= 11 is 0. The highest BCUT2D eigenvalue weighted by atomic mass is 16.2. The van der Waals surface area contributed by atoms with Gasteiger partial charge in [0.15, 0.2) is 5.69 Å². The topological polar surface area (TPSA) is 80.1 Å². The van der Waals surface area contributed by atoms with Crippen molar-refractivity contribution >= 4 is 11.8 Å². The number of amides is 2. The molecule has 1 atom stereocenters. The van der Waals surface area contributed by atoms with Crippen LogP contribution in [0.5, 0.6) is 0 Å². The lowest BCUT2D eigenvalue weighted by Gasteiger charge is -2.36. The van der Waals surface area contributed by atoms with Crippen LogP contribution in [0.4, 0.5) is 0 Å². The molecule has 1 aliphatic carbocycles. The number of carbonyl (C=O) groups is 2. The van der Waals surface area contributed by atoms with Gasteiger partial charge in [-0.25, -0.2) is 0 Å². The summed E-state index contributed by atoms with van der Waals surface area (Å²) < 4.78 is 1.73. The summed E-state index contributed by atoms with van der Waals surface area (Å²) in [5, 5.41) is 11.0. The van der Waals surface area contributed by atoms with Gasteiger partial charge in [0, 0.05) is 31.6 Å². The van der Waals surface area contributed by atoms with E-state index in [1.54, 1.807) is 10.9 Å². The Bertz CT molecular complexity index is 831. The molecule has 2 heterocycles. The van der Waals surface area contributed by atoms with E-state index >= 15 is 0 Å². The van der Waals surface area contributed by atoms with E-state index in [9.17, 15) is 9.59 Å². The minimum Gasteiger partial charge on any atom is -0.348 e. The Hall–Kier alpha value is -2.70. The van der Waals surface area contributed by atoms with Gasteiger partial charge < -0.3 is 10.2 Å². The lowest BCUT2D eigenvalue weighted by molar-refractivity contribution is -0.135. The van der Waals surface area contributed by atoms with Gasteiger partial charge in [0.1, 0.15) is 0 Å². The number of hydrogen-bond donors (Lipinski definition) is 1. The van der Waals surface area contributed by atoms with E-state index in [-0.39, 0.29) is 17.9 Å². The largest absolute Gasteiger partial charge is 0.348 e. The average Bonchev–Trinajstić information content (AvgIpc) is 3.44. The highest BCUT2D eigenvalue weighted by Gasteiger charge is 2.27. The summed E-state index contributed by atoms with van der Waals surface area (Å²) in [5.41, 5.74) is 1.57. The maximum atomic E-state index is 12.8. The Morgan fingerprint density at radius 3 is 2.72 bits per heavy atom. The van der Waals surface area contributed by atoms with Crippen LogP contribution in [-0.2, 0) is 17.8 Å². The molecule has 1 aliphatic heterocycles. The molecule has 2 aromatic rings. The number of nitrogens with one attached hydrogen (secondary N) is 1. The molecule has 29 heavy (non-hydrogen) atoms. The normalized spacial score (nSPS) is 19.2. The fourth-order valence-corrected chi connectivity index (χ4v) is 3.95. The van der Waals surface area contributed by atoms with E-state index in [4.69, 9.17) is 0 Å². The molecular formula is C22H29N5O2. The van der Waals surface area contributed by atoms with Crippen LogP contribution in [-0.4, -0.2) is 50.3 Å². The first-order valence-corrected chi connectivity index (χ1v) is 10.7. The van der Waals surface area contributed by atoms with Gasteiger partial charge in [-0.05, 0) is 50.5 Å². The van der Waals surface area contributed by atoms with E-state index in [2.05, 4.69) is 32.7 Å². The van der Waals surface area contributed by atoms with Gasteiger partial charge in [-0.1, -0.05) is 35.5 Å². The molecule has 0 bridgehead atoms. The first-order chi connectivity index (χ1) is 14.2. The molecule has 0 radical (unpaired) electrons. The molecule has 4 rings (SSSR count). The van der Waals surface area contributed by atoms with Crippen LogP contribution in [0.1, 0.15) is 61.0 Å². The van der Waals surface area contributed by atoms with Crippen LogP contribution < -0.4 is 5.32 Å². The predicted molar refractivity (Wildman–Crippen MR) is 109 cm³/mol. The van der Waals surface area contributed by atoms with Gasteiger partial charge in [0.25, 0.3) is 5.91 Å². The molecule has 2 aliphatic rings. The molecule has 1 N–H and O–H groups in total. The van der Waals surface area contributed by atoms with Crippen molar-refractivity contribution in [3.05, 3.63) is 47.8 Å². The van der Waals surface area contributed by atoms with Crippen LogP contribution in [0.25, 0.3) is 0 Å². The predicted octanol–water partition coefficient (Wildman–Crippen LogP) is 2.57. The second-order valence-electron chi connectivity index (χ2n) is 8.13. The molecule has 0 unspecified atom stereocenters. The zero-order chi connectivity index (χ0) is 20.1. The van der Waals surface area contributed by atoms with Crippen LogP contribution in [0.15, 0.2) is 36.5 Å². The number of hydrogen-bond acceptors (Lipinski definition) is 4. The maximum Gasteiger partial charge on any atom is 0.273 e. The monoisotopic (exact) mass is 395 g/mol. The Morgan fingerprint density at radius 2 is 1.93 bits per heavy atom. The smallest absolute Gasteiger partial charge is 0.273 e. The van der Waals surface area contributed by atoms with E-state index in [1.807, 2.05) is 18.2 Å². The van der Waals surface area contributed by atoms with E-state index in [0.717, 1.165) is 51.5 Å². The van der Waals surface area contributed by atoms with Crippen molar-refractivity contribution in [1.29, 1.82) is 0 Å². The highest BCUT2D eigenvalue weighted by molar-refractivity contribution is 5.92. The van der Waals surface area contributed by atoms with Gasteiger partial charge >= 0.3 is 0 Å². The first-order valence-electron chi connectivity index (χ1n) is 10.7. The lowest BCUT2D eigenvalue weighted by Crippen LogP contribution is -2.44. The van der Waals surface area contributed by atoms with Crippen LogP contribution >= 0.6 is 0 Å². The Balaban J connectivity index is 1.29. The number of rotatable bonds is 8. The lowest BCUT2D eigenvalue weighted by atomic mass is 9.98. The third-order valence-electron chi connectivity index (χ3n) is 5.79. The van der Waals surface area contributed by atoms with Crippen LogP contribution in [0.3, 0.4) is 0 Å². The summed E-state index contributed by atoms with van der Waals surface area (Å²) in [6.07, 6.45) is 9.24. The fourth-order valence-electron chi connectivity index (χ4n) is 3.95. The number of likely N-dealkylation sites (tertiary alicyclic amines) is 1. The van der Waals surface area contributed by atoms with Crippen molar-refractivity contribution in [2.45, 2.75) is 70.0 Å².